The maximum atomic E-state index is 5.81. The number of rotatable bonds is 4. The molecule has 2 rings (SSSR count). The average Bonchev–Trinajstić information content (AvgIpc) is 1.76. The van der Waals surface area contributed by atoms with Crippen LogP contribution >= 0.6 is 0 Å². The Bertz CT molecular complexity index is 146. The minimum atomic E-state index is 0.216. The molecule has 2 aliphatic heterocycles. The van der Waals surface area contributed by atoms with Gasteiger partial charge in [0.25, 0.3) is 0 Å². The fraction of sp³-hybridized carbons (Fsp3) is 1.00. The molecule has 0 aromatic heterocycles. The molecular formula is C10H18O3. The van der Waals surface area contributed by atoms with Crippen molar-refractivity contribution in [1.82, 2.24) is 0 Å². The molecule has 2 saturated heterocycles. The zero-order chi connectivity index (χ0) is 9.26. The molecule has 76 valence electrons. The Labute approximate surface area is 79.4 Å². The summed E-state index contributed by atoms with van der Waals surface area (Å²) in [5.41, 5.74) is 0. The fourth-order valence-corrected chi connectivity index (χ4v) is 1.76. The van der Waals surface area contributed by atoms with Gasteiger partial charge in [0.2, 0.25) is 0 Å². The van der Waals surface area contributed by atoms with Crippen molar-refractivity contribution in [3.05, 3.63) is 0 Å². The second-order valence-electron chi connectivity index (χ2n) is 3.94. The van der Waals surface area contributed by atoms with Crippen molar-refractivity contribution in [1.29, 1.82) is 0 Å². The van der Waals surface area contributed by atoms with E-state index < -0.39 is 0 Å². The van der Waals surface area contributed by atoms with Gasteiger partial charge < -0.3 is 14.2 Å². The van der Waals surface area contributed by atoms with E-state index in [0.717, 1.165) is 26.1 Å². The molecule has 0 radical (unpaired) electrons. The molecule has 0 N–H and O–H groups in total. The molecular weight excluding hydrogens is 168 g/mol. The van der Waals surface area contributed by atoms with Gasteiger partial charge in [0.1, 0.15) is 0 Å². The third-order valence-electron chi connectivity index (χ3n) is 2.95. The molecule has 4 unspecified atom stereocenters. The van der Waals surface area contributed by atoms with Gasteiger partial charge >= 0.3 is 0 Å². The first-order valence-corrected chi connectivity index (χ1v) is 5.16. The van der Waals surface area contributed by atoms with Gasteiger partial charge in [-0.3, -0.25) is 0 Å². The Balaban J connectivity index is 1.69. The maximum Gasteiger partial charge on any atom is 0.0856 e. The molecule has 0 aromatic carbocycles. The van der Waals surface area contributed by atoms with Crippen LogP contribution in [-0.2, 0) is 14.2 Å². The fourth-order valence-electron chi connectivity index (χ4n) is 1.76. The second kappa shape index (κ2) is 3.95. The summed E-state index contributed by atoms with van der Waals surface area (Å²) in [6.45, 7) is 5.96. The number of hydrogen-bond acceptors (Lipinski definition) is 3. The van der Waals surface area contributed by atoms with Crippen molar-refractivity contribution < 1.29 is 14.2 Å². The topological polar surface area (TPSA) is 27.7 Å². The summed E-state index contributed by atoms with van der Waals surface area (Å²) in [6, 6.07) is 0. The zero-order valence-corrected chi connectivity index (χ0v) is 8.36. The minimum absolute atomic E-state index is 0.216. The minimum Gasteiger partial charge on any atom is -0.375 e. The van der Waals surface area contributed by atoms with Crippen LogP contribution in [0.2, 0.25) is 0 Å². The molecule has 0 aliphatic carbocycles. The Morgan fingerprint density at radius 3 is 1.62 bits per heavy atom. The molecule has 0 bridgehead atoms. The van der Waals surface area contributed by atoms with E-state index in [1.165, 1.54) is 0 Å². The number of ether oxygens (including phenoxy) is 3. The van der Waals surface area contributed by atoms with Gasteiger partial charge in [-0.15, -0.1) is 0 Å². The van der Waals surface area contributed by atoms with Gasteiger partial charge in [-0.05, 0) is 26.7 Å². The Hall–Kier alpha value is -0.120. The quantitative estimate of drug-likeness (QED) is 0.663. The van der Waals surface area contributed by atoms with E-state index in [0.29, 0.717) is 12.2 Å². The Morgan fingerprint density at radius 2 is 1.38 bits per heavy atom. The maximum absolute atomic E-state index is 5.81. The van der Waals surface area contributed by atoms with E-state index in [2.05, 4.69) is 13.8 Å². The first-order valence-electron chi connectivity index (χ1n) is 5.16. The molecule has 0 amide bonds. The van der Waals surface area contributed by atoms with Crippen LogP contribution in [0.1, 0.15) is 26.7 Å². The van der Waals surface area contributed by atoms with Crippen LogP contribution in [0, 0.1) is 0 Å². The normalized spacial score (nSPS) is 37.4. The van der Waals surface area contributed by atoms with Crippen LogP contribution in [0.25, 0.3) is 0 Å². The van der Waals surface area contributed by atoms with E-state index in [4.69, 9.17) is 14.2 Å². The highest BCUT2D eigenvalue weighted by molar-refractivity contribution is 4.78. The monoisotopic (exact) mass is 186 g/mol. The van der Waals surface area contributed by atoms with Crippen molar-refractivity contribution in [3.8, 4) is 0 Å². The first-order chi connectivity index (χ1) is 6.27. The summed E-state index contributed by atoms with van der Waals surface area (Å²) < 4.78 is 16.5. The third kappa shape index (κ3) is 2.03. The van der Waals surface area contributed by atoms with Crippen LogP contribution < -0.4 is 0 Å². The SMILES string of the molecule is CC(OC(C)C1CCO1)C1CCO1. The standard InChI is InChI=1S/C10H18O3/c1-7(9-3-5-11-9)13-8(2)10-4-6-12-10/h7-10H,3-6H2,1-2H3. The van der Waals surface area contributed by atoms with Gasteiger partial charge in [-0.2, -0.15) is 0 Å². The Kier molecular flexibility index (Phi) is 2.86. The molecule has 0 saturated carbocycles. The highest BCUT2D eigenvalue weighted by Crippen LogP contribution is 2.23. The summed E-state index contributed by atoms with van der Waals surface area (Å²) in [5, 5.41) is 0. The van der Waals surface area contributed by atoms with E-state index in [1.807, 2.05) is 0 Å². The molecule has 0 aromatic rings. The van der Waals surface area contributed by atoms with E-state index in [1.54, 1.807) is 0 Å². The Morgan fingerprint density at radius 1 is 1.00 bits per heavy atom. The summed E-state index contributed by atoms with van der Waals surface area (Å²) in [5.74, 6) is 0. The average molecular weight is 186 g/mol. The largest absolute Gasteiger partial charge is 0.375 e. The molecule has 0 spiro atoms. The molecule has 2 aliphatic rings. The summed E-state index contributed by atoms with van der Waals surface area (Å²) in [6.07, 6.45) is 3.35. The van der Waals surface area contributed by atoms with Crippen LogP contribution in [0.15, 0.2) is 0 Å². The molecule has 2 heterocycles. The van der Waals surface area contributed by atoms with Gasteiger partial charge in [0.15, 0.2) is 0 Å². The summed E-state index contributed by atoms with van der Waals surface area (Å²) in [4.78, 5) is 0. The molecule has 13 heavy (non-hydrogen) atoms. The highest BCUT2D eigenvalue weighted by atomic mass is 16.6. The predicted molar refractivity (Wildman–Crippen MR) is 48.7 cm³/mol. The van der Waals surface area contributed by atoms with Crippen LogP contribution in [-0.4, -0.2) is 37.6 Å². The highest BCUT2D eigenvalue weighted by Gasteiger charge is 2.31. The lowest BCUT2D eigenvalue weighted by Gasteiger charge is -2.37. The van der Waals surface area contributed by atoms with Gasteiger partial charge in [-0.1, -0.05) is 0 Å². The van der Waals surface area contributed by atoms with Crippen LogP contribution in [0.3, 0.4) is 0 Å². The second-order valence-corrected chi connectivity index (χ2v) is 3.94. The summed E-state index contributed by atoms with van der Waals surface area (Å²) >= 11 is 0. The number of hydrogen-bond donors (Lipinski definition) is 0. The van der Waals surface area contributed by atoms with E-state index in [-0.39, 0.29) is 12.2 Å². The zero-order valence-electron chi connectivity index (χ0n) is 8.36. The van der Waals surface area contributed by atoms with Crippen LogP contribution in [0.5, 0.6) is 0 Å². The lowest BCUT2D eigenvalue weighted by molar-refractivity contribution is -0.189. The van der Waals surface area contributed by atoms with Crippen LogP contribution in [0.4, 0.5) is 0 Å². The van der Waals surface area contributed by atoms with Gasteiger partial charge in [0.05, 0.1) is 24.4 Å². The molecule has 3 heteroatoms. The van der Waals surface area contributed by atoms with Gasteiger partial charge in [-0.25, -0.2) is 0 Å². The van der Waals surface area contributed by atoms with E-state index in [9.17, 15) is 0 Å². The van der Waals surface area contributed by atoms with E-state index >= 15 is 0 Å². The van der Waals surface area contributed by atoms with Gasteiger partial charge in [0, 0.05) is 13.2 Å². The first kappa shape index (κ1) is 9.44. The smallest absolute Gasteiger partial charge is 0.0856 e. The summed E-state index contributed by atoms with van der Waals surface area (Å²) in [7, 11) is 0. The molecule has 2 fully saturated rings. The van der Waals surface area contributed by atoms with Crippen molar-refractivity contribution in [3.63, 3.8) is 0 Å². The van der Waals surface area contributed by atoms with Crippen molar-refractivity contribution in [2.45, 2.75) is 51.1 Å². The van der Waals surface area contributed by atoms with Crippen molar-refractivity contribution in [2.24, 2.45) is 0 Å². The lowest BCUT2D eigenvalue weighted by Crippen LogP contribution is -2.45. The molecule has 3 nitrogen and oxygen atoms in total. The van der Waals surface area contributed by atoms with Crippen molar-refractivity contribution in [2.75, 3.05) is 13.2 Å². The molecule has 4 atom stereocenters. The lowest BCUT2D eigenvalue weighted by atomic mass is 10.1. The predicted octanol–water partition coefficient (Wildman–Crippen LogP) is 1.36. The van der Waals surface area contributed by atoms with Crippen molar-refractivity contribution >= 4 is 0 Å². The third-order valence-corrected chi connectivity index (χ3v) is 2.95.